The van der Waals surface area contributed by atoms with Crippen LogP contribution < -0.4 is 5.32 Å². The summed E-state index contributed by atoms with van der Waals surface area (Å²) >= 11 is 0. The quantitative estimate of drug-likeness (QED) is 0.745. The molecular formula is C15H13N7O2. The lowest BCUT2D eigenvalue weighted by molar-refractivity contribution is -0.133. The Hall–Kier alpha value is -3.49. The van der Waals surface area contributed by atoms with Crippen LogP contribution >= 0.6 is 0 Å². The monoisotopic (exact) mass is 323 g/mol. The van der Waals surface area contributed by atoms with E-state index in [9.17, 15) is 9.90 Å². The van der Waals surface area contributed by atoms with E-state index in [2.05, 4.69) is 25.9 Å². The second-order valence-electron chi connectivity index (χ2n) is 5.33. The van der Waals surface area contributed by atoms with Gasteiger partial charge in [0, 0.05) is 23.7 Å². The molecule has 9 nitrogen and oxygen atoms in total. The fourth-order valence-corrected chi connectivity index (χ4v) is 2.92. The van der Waals surface area contributed by atoms with E-state index in [1.165, 1.54) is 4.68 Å². The summed E-state index contributed by atoms with van der Waals surface area (Å²) in [6.07, 6.45) is 3.47. The molecule has 3 aromatic rings. The minimum atomic E-state index is -1.03. The summed E-state index contributed by atoms with van der Waals surface area (Å²) in [5, 5.41) is 28.4. The highest BCUT2D eigenvalue weighted by atomic mass is 16.4. The molecule has 0 bridgehead atoms. The molecule has 0 aliphatic carbocycles. The van der Waals surface area contributed by atoms with Crippen molar-refractivity contribution in [2.45, 2.75) is 13.0 Å². The van der Waals surface area contributed by atoms with Gasteiger partial charge in [-0.15, -0.1) is 0 Å². The summed E-state index contributed by atoms with van der Waals surface area (Å²) in [6, 6.07) is 8.61. The zero-order valence-corrected chi connectivity index (χ0v) is 12.7. The number of nitrogens with zero attached hydrogens (tertiary/aromatic N) is 6. The van der Waals surface area contributed by atoms with Crippen LogP contribution in [-0.2, 0) is 4.79 Å². The number of para-hydroxylation sites is 1. The van der Waals surface area contributed by atoms with Crippen LogP contribution in [0, 0.1) is 0 Å². The van der Waals surface area contributed by atoms with Gasteiger partial charge in [0.15, 0.2) is 0 Å². The van der Waals surface area contributed by atoms with Gasteiger partial charge in [0.2, 0.25) is 5.95 Å². The maximum Gasteiger partial charge on any atom is 0.335 e. The van der Waals surface area contributed by atoms with Crippen LogP contribution in [0.5, 0.6) is 0 Å². The van der Waals surface area contributed by atoms with Crippen molar-refractivity contribution < 1.29 is 9.90 Å². The lowest BCUT2D eigenvalue weighted by atomic mass is 9.94. The number of hydrogen-bond acceptors (Lipinski definition) is 6. The molecular weight excluding hydrogens is 310 g/mol. The number of nitrogens with one attached hydrogen (secondary N) is 1. The Bertz CT molecular complexity index is 942. The molecule has 4 rings (SSSR count). The highest BCUT2D eigenvalue weighted by Gasteiger charge is 2.35. The molecule has 0 spiro atoms. The molecule has 3 heterocycles. The first kappa shape index (κ1) is 14.1. The number of anilines is 1. The standard InChI is InChI=1S/C15H13N7O2/c1-9-12(14(23)24)13(22-15(17-9)18-19-20-22)10-5-2-3-6-11(10)21-8-4-7-16-21/h2-8,13H,1H3,(H,23,24)(H,17,18,20). The predicted octanol–water partition coefficient (Wildman–Crippen LogP) is 1.23. The van der Waals surface area contributed by atoms with E-state index in [4.69, 9.17) is 0 Å². The zero-order valence-electron chi connectivity index (χ0n) is 12.7. The van der Waals surface area contributed by atoms with Crippen LogP contribution in [0.2, 0.25) is 0 Å². The highest BCUT2D eigenvalue weighted by Crippen LogP contribution is 2.36. The van der Waals surface area contributed by atoms with Gasteiger partial charge >= 0.3 is 5.97 Å². The van der Waals surface area contributed by atoms with E-state index >= 15 is 0 Å². The van der Waals surface area contributed by atoms with Gasteiger partial charge in [0.25, 0.3) is 0 Å². The second-order valence-corrected chi connectivity index (χ2v) is 5.33. The largest absolute Gasteiger partial charge is 0.478 e. The molecule has 0 radical (unpaired) electrons. The average molecular weight is 323 g/mol. The fraction of sp³-hybridized carbons (Fsp3) is 0.133. The van der Waals surface area contributed by atoms with E-state index in [1.807, 2.05) is 24.3 Å². The van der Waals surface area contributed by atoms with E-state index in [-0.39, 0.29) is 5.57 Å². The third-order valence-electron chi connectivity index (χ3n) is 3.93. The number of rotatable bonds is 3. The van der Waals surface area contributed by atoms with Crippen molar-refractivity contribution in [2.24, 2.45) is 0 Å². The van der Waals surface area contributed by atoms with Gasteiger partial charge in [-0.1, -0.05) is 23.3 Å². The molecule has 1 aromatic carbocycles. The molecule has 0 saturated heterocycles. The predicted molar refractivity (Wildman–Crippen MR) is 83.5 cm³/mol. The van der Waals surface area contributed by atoms with Crippen LogP contribution in [-0.4, -0.2) is 41.1 Å². The first-order chi connectivity index (χ1) is 11.7. The topological polar surface area (TPSA) is 111 Å². The van der Waals surface area contributed by atoms with Crippen LogP contribution in [0.15, 0.2) is 54.0 Å². The van der Waals surface area contributed by atoms with Crippen molar-refractivity contribution in [3.63, 3.8) is 0 Å². The van der Waals surface area contributed by atoms with Gasteiger partial charge in [-0.2, -0.15) is 9.78 Å². The van der Waals surface area contributed by atoms with Gasteiger partial charge in [-0.3, -0.25) is 0 Å². The number of carbonyl (C=O) groups is 1. The normalized spacial score (nSPS) is 16.6. The van der Waals surface area contributed by atoms with Crippen molar-refractivity contribution in [3.8, 4) is 5.69 Å². The van der Waals surface area contributed by atoms with Gasteiger partial charge in [0.1, 0.15) is 6.04 Å². The third kappa shape index (κ3) is 2.06. The molecule has 0 fully saturated rings. The first-order valence-electron chi connectivity index (χ1n) is 7.24. The van der Waals surface area contributed by atoms with Crippen molar-refractivity contribution in [3.05, 3.63) is 59.6 Å². The van der Waals surface area contributed by atoms with Gasteiger partial charge in [0.05, 0.1) is 11.3 Å². The zero-order chi connectivity index (χ0) is 16.7. The Balaban J connectivity index is 1.97. The molecule has 9 heteroatoms. The van der Waals surface area contributed by atoms with Crippen LogP contribution in [0.1, 0.15) is 18.5 Å². The van der Waals surface area contributed by atoms with Crippen LogP contribution in [0.3, 0.4) is 0 Å². The Morgan fingerprint density at radius 1 is 1.29 bits per heavy atom. The van der Waals surface area contributed by atoms with Gasteiger partial charge in [-0.05, 0) is 29.5 Å². The summed E-state index contributed by atoms with van der Waals surface area (Å²) in [5.41, 5.74) is 2.20. The molecule has 24 heavy (non-hydrogen) atoms. The maximum atomic E-state index is 11.9. The summed E-state index contributed by atoms with van der Waals surface area (Å²) in [6.45, 7) is 1.70. The second kappa shape index (κ2) is 5.30. The number of benzene rings is 1. The van der Waals surface area contributed by atoms with Gasteiger partial charge < -0.3 is 10.4 Å². The highest BCUT2D eigenvalue weighted by molar-refractivity contribution is 5.91. The summed E-state index contributed by atoms with van der Waals surface area (Å²) in [7, 11) is 0. The SMILES string of the molecule is CC1=C(C(=O)O)C(c2ccccc2-n2cccn2)n2nnnc2N1. The van der Waals surface area contributed by atoms with E-state index in [0.29, 0.717) is 11.6 Å². The first-order valence-corrected chi connectivity index (χ1v) is 7.24. The number of hydrogen-bond donors (Lipinski definition) is 2. The number of allylic oxidation sites excluding steroid dienone is 1. The Morgan fingerprint density at radius 3 is 2.88 bits per heavy atom. The molecule has 1 atom stereocenters. The Labute approximate surface area is 136 Å². The van der Waals surface area contributed by atoms with Crippen molar-refractivity contribution >= 4 is 11.9 Å². The number of aromatic nitrogens is 6. The lowest BCUT2D eigenvalue weighted by Gasteiger charge is -2.27. The minimum Gasteiger partial charge on any atom is -0.478 e. The summed E-state index contributed by atoms with van der Waals surface area (Å²) in [4.78, 5) is 11.9. The van der Waals surface area contributed by atoms with E-state index in [1.54, 1.807) is 30.1 Å². The van der Waals surface area contributed by atoms with E-state index in [0.717, 1.165) is 11.3 Å². The molecule has 2 aromatic heterocycles. The molecule has 0 saturated carbocycles. The number of carboxylic acids is 1. The number of aliphatic carboxylic acids is 1. The van der Waals surface area contributed by atoms with Crippen molar-refractivity contribution in [1.82, 2.24) is 30.0 Å². The summed E-state index contributed by atoms with van der Waals surface area (Å²) < 4.78 is 3.16. The number of tetrazole rings is 1. The Kier molecular flexibility index (Phi) is 3.12. The Morgan fingerprint density at radius 2 is 2.12 bits per heavy atom. The smallest absolute Gasteiger partial charge is 0.335 e. The van der Waals surface area contributed by atoms with Crippen LogP contribution in [0.25, 0.3) is 5.69 Å². The van der Waals surface area contributed by atoms with Crippen molar-refractivity contribution in [1.29, 1.82) is 0 Å². The van der Waals surface area contributed by atoms with Crippen LogP contribution in [0.4, 0.5) is 5.95 Å². The summed E-state index contributed by atoms with van der Waals surface area (Å²) in [5.74, 6) is -0.626. The fourth-order valence-electron chi connectivity index (χ4n) is 2.92. The third-order valence-corrected chi connectivity index (χ3v) is 3.93. The average Bonchev–Trinajstić information content (AvgIpc) is 3.24. The molecule has 1 aliphatic heterocycles. The minimum absolute atomic E-state index is 0.189. The molecule has 0 amide bonds. The van der Waals surface area contributed by atoms with Gasteiger partial charge in [-0.25, -0.2) is 9.48 Å². The van der Waals surface area contributed by atoms with Crippen molar-refractivity contribution in [2.75, 3.05) is 5.32 Å². The number of fused-ring (bicyclic) bond motifs is 1. The molecule has 1 aliphatic rings. The van der Waals surface area contributed by atoms with E-state index < -0.39 is 12.0 Å². The lowest BCUT2D eigenvalue weighted by Crippen LogP contribution is -2.29. The molecule has 2 N–H and O–H groups in total. The maximum absolute atomic E-state index is 11.9. The molecule has 120 valence electrons. The molecule has 1 unspecified atom stereocenters. The number of carboxylic acid groups (broad SMARTS) is 1.